The topological polar surface area (TPSA) is 18.5 Å². The zero-order valence-electron chi connectivity index (χ0n) is 12.5. The molecule has 2 nitrogen and oxygen atoms in total. The minimum absolute atomic E-state index is 0.250. The third-order valence-electron chi connectivity index (χ3n) is 2.90. The van der Waals surface area contributed by atoms with Gasteiger partial charge in [0.05, 0.1) is 0 Å². The summed E-state index contributed by atoms with van der Waals surface area (Å²) in [5, 5.41) is 0. The fourth-order valence-corrected chi connectivity index (χ4v) is 1.70. The van der Waals surface area contributed by atoms with Crippen LogP contribution < -0.4 is 9.47 Å². The highest BCUT2D eigenvalue weighted by Gasteiger charge is 2.30. The molecule has 0 fully saturated rings. The Hall–Kier alpha value is -1.65. The Morgan fingerprint density at radius 2 is 1.71 bits per heavy atom. The number of hydrogen-bond acceptors (Lipinski definition) is 2. The van der Waals surface area contributed by atoms with Gasteiger partial charge in [-0.05, 0) is 42.2 Å². The van der Waals surface area contributed by atoms with Crippen LogP contribution in [0.3, 0.4) is 0 Å². The van der Waals surface area contributed by atoms with Crippen LogP contribution in [0.2, 0.25) is 0 Å². The Bertz CT molecular complexity index is 448. The minimum atomic E-state index is -4.67. The lowest BCUT2D eigenvalue weighted by Crippen LogP contribution is -2.17. The Balaban J connectivity index is 2.59. The molecule has 0 spiro atoms. The summed E-state index contributed by atoms with van der Waals surface area (Å²) in [4.78, 5) is 0. The second-order valence-electron chi connectivity index (χ2n) is 5.03. The van der Waals surface area contributed by atoms with Crippen LogP contribution >= 0.6 is 0 Å². The first-order valence-electron chi connectivity index (χ1n) is 6.99. The number of benzene rings is 1. The van der Waals surface area contributed by atoms with E-state index >= 15 is 0 Å². The maximum absolute atomic E-state index is 12.0. The summed E-state index contributed by atoms with van der Waals surface area (Å²) >= 11 is 0. The number of ether oxygens (including phenoxy) is 2. The Morgan fingerprint density at radius 3 is 2.19 bits per heavy atom. The first-order chi connectivity index (χ1) is 9.81. The van der Waals surface area contributed by atoms with Crippen LogP contribution in [-0.4, -0.2) is 13.0 Å². The highest BCUT2D eigenvalue weighted by molar-refractivity contribution is 5.31. The van der Waals surface area contributed by atoms with Crippen molar-refractivity contribution >= 4 is 0 Å². The summed E-state index contributed by atoms with van der Waals surface area (Å²) in [5.74, 6) is 0.650. The third-order valence-corrected chi connectivity index (χ3v) is 2.90. The van der Waals surface area contributed by atoms with Crippen molar-refractivity contribution in [1.82, 2.24) is 0 Å². The van der Waals surface area contributed by atoms with Crippen molar-refractivity contribution in [2.45, 2.75) is 40.0 Å². The zero-order valence-corrected chi connectivity index (χ0v) is 12.5. The Morgan fingerprint density at radius 1 is 1.14 bits per heavy atom. The molecule has 0 aliphatic heterocycles. The van der Waals surface area contributed by atoms with Crippen LogP contribution in [0.25, 0.3) is 0 Å². The maximum Gasteiger partial charge on any atom is 0.573 e. The van der Waals surface area contributed by atoms with Gasteiger partial charge in [-0.25, -0.2) is 0 Å². The lowest BCUT2D eigenvalue weighted by Gasteiger charge is -2.14. The van der Waals surface area contributed by atoms with E-state index in [0.717, 1.165) is 12.8 Å². The van der Waals surface area contributed by atoms with Gasteiger partial charge in [-0.2, -0.15) is 0 Å². The van der Waals surface area contributed by atoms with Gasteiger partial charge >= 0.3 is 6.36 Å². The summed E-state index contributed by atoms with van der Waals surface area (Å²) in [6.07, 6.45) is -0.448. The minimum Gasteiger partial charge on any atom is -0.489 e. The van der Waals surface area contributed by atoms with Crippen LogP contribution in [-0.2, 0) is 0 Å². The number of unbranched alkanes of at least 4 members (excludes halogenated alkanes) is 1. The molecular formula is C16H21F3O2. The van der Waals surface area contributed by atoms with E-state index in [1.54, 1.807) is 0 Å². The molecule has 0 atom stereocenters. The molecule has 1 rings (SSSR count). The monoisotopic (exact) mass is 302 g/mol. The summed E-state index contributed by atoms with van der Waals surface area (Å²) in [7, 11) is 0. The second-order valence-corrected chi connectivity index (χ2v) is 5.03. The number of alkyl halides is 3. The zero-order chi connectivity index (χ0) is 15.9. The molecule has 0 saturated carbocycles. The molecule has 1 aromatic carbocycles. The van der Waals surface area contributed by atoms with Gasteiger partial charge in [0.25, 0.3) is 0 Å². The molecule has 0 aromatic heterocycles. The van der Waals surface area contributed by atoms with Gasteiger partial charge in [0.1, 0.15) is 18.1 Å². The van der Waals surface area contributed by atoms with E-state index in [2.05, 4.69) is 31.6 Å². The third kappa shape index (κ3) is 7.06. The molecule has 0 bridgehead atoms. The number of rotatable bonds is 7. The van der Waals surface area contributed by atoms with E-state index in [-0.39, 0.29) is 5.75 Å². The fourth-order valence-electron chi connectivity index (χ4n) is 1.70. The van der Waals surface area contributed by atoms with E-state index in [1.165, 1.54) is 29.8 Å². The molecule has 0 saturated heterocycles. The molecule has 0 radical (unpaired) electrons. The average molecular weight is 302 g/mol. The van der Waals surface area contributed by atoms with Gasteiger partial charge in [0.2, 0.25) is 0 Å². The van der Waals surface area contributed by atoms with Crippen molar-refractivity contribution in [1.29, 1.82) is 0 Å². The quantitative estimate of drug-likeness (QED) is 0.632. The largest absolute Gasteiger partial charge is 0.573 e. The highest BCUT2D eigenvalue weighted by atomic mass is 19.4. The summed E-state index contributed by atoms with van der Waals surface area (Å²) < 4.78 is 45.5. The molecule has 0 unspecified atom stereocenters. The van der Waals surface area contributed by atoms with Crippen LogP contribution in [0, 0.1) is 5.92 Å². The van der Waals surface area contributed by atoms with E-state index in [9.17, 15) is 13.2 Å². The van der Waals surface area contributed by atoms with E-state index in [0.29, 0.717) is 18.3 Å². The van der Waals surface area contributed by atoms with Crippen molar-refractivity contribution in [2.75, 3.05) is 6.61 Å². The normalized spacial score (nSPS) is 12.6. The molecule has 1 aromatic rings. The molecule has 5 heteroatoms. The van der Waals surface area contributed by atoms with Crippen molar-refractivity contribution in [3.05, 3.63) is 35.9 Å². The lowest BCUT2D eigenvalue weighted by atomic mass is 10.0. The van der Waals surface area contributed by atoms with Crippen LogP contribution in [0.1, 0.15) is 33.6 Å². The smallest absolute Gasteiger partial charge is 0.489 e. The molecule has 21 heavy (non-hydrogen) atoms. The van der Waals surface area contributed by atoms with Gasteiger partial charge in [0.15, 0.2) is 0 Å². The van der Waals surface area contributed by atoms with Crippen molar-refractivity contribution in [3.63, 3.8) is 0 Å². The van der Waals surface area contributed by atoms with Gasteiger partial charge in [0, 0.05) is 0 Å². The molecule has 0 aliphatic rings. The summed E-state index contributed by atoms with van der Waals surface area (Å²) in [6.45, 7) is 6.72. The molecule has 118 valence electrons. The second kappa shape index (κ2) is 7.96. The summed E-state index contributed by atoms with van der Waals surface area (Å²) in [5.41, 5.74) is 1.19. The molecular weight excluding hydrogens is 281 g/mol. The van der Waals surface area contributed by atoms with Gasteiger partial charge in [-0.15, -0.1) is 13.2 Å². The number of halogens is 3. The van der Waals surface area contributed by atoms with Crippen LogP contribution in [0.4, 0.5) is 13.2 Å². The van der Waals surface area contributed by atoms with Gasteiger partial charge < -0.3 is 9.47 Å². The lowest BCUT2D eigenvalue weighted by molar-refractivity contribution is -0.274. The molecule has 0 N–H and O–H groups in total. The van der Waals surface area contributed by atoms with Gasteiger partial charge in [-0.1, -0.05) is 33.3 Å². The molecule has 0 amide bonds. The predicted molar refractivity (Wildman–Crippen MR) is 76.4 cm³/mol. The van der Waals surface area contributed by atoms with E-state index in [4.69, 9.17) is 4.74 Å². The van der Waals surface area contributed by atoms with Crippen LogP contribution in [0.5, 0.6) is 11.5 Å². The van der Waals surface area contributed by atoms with Crippen molar-refractivity contribution in [2.24, 2.45) is 5.92 Å². The standard InChI is InChI=1S/C16H21F3O2/c1-4-5-6-13(12(2)3)11-20-14-7-9-15(10-8-14)21-16(17,18)19/h6-10,12H,4-5,11H2,1-3H3/b13-6+. The van der Waals surface area contributed by atoms with E-state index < -0.39 is 6.36 Å². The van der Waals surface area contributed by atoms with E-state index in [1.807, 2.05) is 0 Å². The summed E-state index contributed by atoms with van der Waals surface area (Å²) in [6, 6.07) is 5.43. The van der Waals surface area contributed by atoms with Crippen LogP contribution in [0.15, 0.2) is 35.9 Å². The SMILES string of the molecule is CCC/C=C(\COc1ccc(OC(F)(F)F)cc1)C(C)C. The predicted octanol–water partition coefficient (Wildman–Crippen LogP) is 5.35. The van der Waals surface area contributed by atoms with Gasteiger partial charge in [-0.3, -0.25) is 0 Å². The number of allylic oxidation sites excluding steroid dienone is 1. The average Bonchev–Trinajstić information content (AvgIpc) is 2.38. The molecule has 0 aliphatic carbocycles. The van der Waals surface area contributed by atoms with Crippen molar-refractivity contribution in [3.8, 4) is 11.5 Å². The first kappa shape index (κ1) is 17.4. The first-order valence-corrected chi connectivity index (χ1v) is 6.99. The molecule has 0 heterocycles. The van der Waals surface area contributed by atoms with Crippen molar-refractivity contribution < 1.29 is 22.6 Å². The maximum atomic E-state index is 12.0. The highest BCUT2D eigenvalue weighted by Crippen LogP contribution is 2.25. The number of hydrogen-bond donors (Lipinski definition) is 0. The fraction of sp³-hybridized carbons (Fsp3) is 0.500. The Kier molecular flexibility index (Phi) is 6.59. The Labute approximate surface area is 123 Å².